The van der Waals surface area contributed by atoms with Crippen molar-refractivity contribution in [2.45, 2.75) is 25.9 Å². The molecule has 0 bridgehead atoms. The van der Waals surface area contributed by atoms with Crippen LogP contribution in [-0.2, 0) is 0 Å². The second-order valence-corrected chi connectivity index (χ2v) is 7.78. The summed E-state index contributed by atoms with van der Waals surface area (Å²) in [7, 11) is 0. The molecule has 2 heterocycles. The van der Waals surface area contributed by atoms with Crippen molar-refractivity contribution in [3.63, 3.8) is 0 Å². The fourth-order valence-corrected chi connectivity index (χ4v) is 3.75. The monoisotopic (exact) mass is 396 g/mol. The van der Waals surface area contributed by atoms with E-state index in [0.29, 0.717) is 23.7 Å². The maximum absolute atomic E-state index is 10.4. The van der Waals surface area contributed by atoms with E-state index in [-0.39, 0.29) is 6.61 Å². The smallest absolute Gasteiger partial charge is 0.154 e. The summed E-state index contributed by atoms with van der Waals surface area (Å²) < 4.78 is 11.7. The highest BCUT2D eigenvalue weighted by Gasteiger charge is 2.22. The molecule has 0 amide bonds. The summed E-state index contributed by atoms with van der Waals surface area (Å²) in [6.07, 6.45) is 1.62. The number of H-pyrrole nitrogens is 1. The van der Waals surface area contributed by atoms with Gasteiger partial charge in [-0.2, -0.15) is 15.4 Å². The van der Waals surface area contributed by atoms with Crippen LogP contribution in [0.5, 0.6) is 11.5 Å². The van der Waals surface area contributed by atoms with Gasteiger partial charge in [0.15, 0.2) is 5.52 Å². The Kier molecular flexibility index (Phi) is 6.27. The number of hydrogen-bond acceptors (Lipinski definition) is 6. The lowest BCUT2D eigenvalue weighted by molar-refractivity contribution is 0.0506. The van der Waals surface area contributed by atoms with Crippen molar-refractivity contribution in [3.05, 3.63) is 48.0 Å². The summed E-state index contributed by atoms with van der Waals surface area (Å²) in [5, 5.41) is 21.1. The molecule has 1 aliphatic rings. The minimum atomic E-state index is -0.544. The minimum absolute atomic E-state index is 0.238. The number of fused-ring (bicyclic) bond motifs is 1. The maximum Gasteiger partial charge on any atom is 0.154 e. The van der Waals surface area contributed by atoms with E-state index in [1.54, 1.807) is 0 Å². The molecule has 3 aromatic rings. The van der Waals surface area contributed by atoms with Crippen LogP contribution in [0.4, 0.5) is 0 Å². The Labute approximate surface area is 170 Å². The lowest BCUT2D eigenvalue weighted by atomic mass is 9.97. The van der Waals surface area contributed by atoms with Crippen molar-refractivity contribution in [1.82, 2.24) is 20.3 Å². The van der Waals surface area contributed by atoms with Crippen LogP contribution in [-0.4, -0.2) is 64.4 Å². The number of likely N-dealkylation sites (tertiary alicyclic amines) is 1. The molecule has 1 atom stereocenters. The predicted octanol–water partition coefficient (Wildman–Crippen LogP) is 2.80. The van der Waals surface area contributed by atoms with Gasteiger partial charge in [-0.3, -0.25) is 0 Å². The number of aryl methyl sites for hydroxylation is 1. The number of aromatic nitrogens is 3. The average molecular weight is 396 g/mol. The second kappa shape index (κ2) is 9.24. The summed E-state index contributed by atoms with van der Waals surface area (Å²) in [6.45, 7) is 5.62. The first-order valence-electron chi connectivity index (χ1n) is 10.2. The molecule has 0 spiro atoms. The number of aliphatic hydroxyl groups is 1. The number of para-hydroxylation sites is 1. The quantitative estimate of drug-likeness (QED) is 0.609. The zero-order chi connectivity index (χ0) is 20.1. The van der Waals surface area contributed by atoms with Crippen molar-refractivity contribution in [1.29, 1.82) is 0 Å². The molecule has 2 N–H and O–H groups in total. The fraction of sp³-hybridized carbons (Fsp3) is 0.455. The molecular weight excluding hydrogens is 368 g/mol. The van der Waals surface area contributed by atoms with Crippen LogP contribution < -0.4 is 9.47 Å². The highest BCUT2D eigenvalue weighted by Crippen LogP contribution is 2.22. The van der Waals surface area contributed by atoms with Crippen LogP contribution in [0.3, 0.4) is 0 Å². The number of piperidine rings is 1. The summed E-state index contributed by atoms with van der Waals surface area (Å²) >= 11 is 0. The molecule has 154 valence electrons. The largest absolute Gasteiger partial charge is 0.493 e. The van der Waals surface area contributed by atoms with Gasteiger partial charge in [0.2, 0.25) is 0 Å². The maximum atomic E-state index is 10.4. The Morgan fingerprint density at radius 1 is 1.14 bits per heavy atom. The summed E-state index contributed by atoms with van der Waals surface area (Å²) in [6, 6.07) is 13.8. The van der Waals surface area contributed by atoms with Gasteiger partial charge in [-0.05, 0) is 68.6 Å². The number of nitrogens with zero attached hydrogens (tertiary/aromatic N) is 3. The molecule has 7 heteroatoms. The van der Waals surface area contributed by atoms with Crippen molar-refractivity contribution >= 4 is 11.0 Å². The SMILES string of the molecule is Cc1cccc(OCC2CCN(CC(O)COc3cccc4n[nH]nc34)CC2)c1. The van der Waals surface area contributed by atoms with E-state index >= 15 is 0 Å². The van der Waals surface area contributed by atoms with Gasteiger partial charge in [0, 0.05) is 6.54 Å². The second-order valence-electron chi connectivity index (χ2n) is 7.78. The van der Waals surface area contributed by atoms with Crippen LogP contribution in [0, 0.1) is 12.8 Å². The van der Waals surface area contributed by atoms with E-state index in [0.717, 1.165) is 43.8 Å². The minimum Gasteiger partial charge on any atom is -0.493 e. The number of β-amino-alcohol motifs (C(OH)–C–C–N with tert-alkyl or cyclic N) is 1. The van der Waals surface area contributed by atoms with E-state index in [2.05, 4.69) is 39.4 Å². The molecule has 4 rings (SSSR count). The Hall–Kier alpha value is -2.64. The Morgan fingerprint density at radius 3 is 2.79 bits per heavy atom. The van der Waals surface area contributed by atoms with Crippen molar-refractivity contribution < 1.29 is 14.6 Å². The first-order chi connectivity index (χ1) is 14.2. The predicted molar refractivity (Wildman–Crippen MR) is 111 cm³/mol. The molecule has 0 saturated carbocycles. The van der Waals surface area contributed by atoms with Crippen molar-refractivity contribution in [2.75, 3.05) is 32.8 Å². The molecule has 1 aromatic heterocycles. The van der Waals surface area contributed by atoms with E-state index < -0.39 is 6.10 Å². The Balaban J connectivity index is 1.18. The Bertz CT molecular complexity index is 921. The number of hydrogen-bond donors (Lipinski definition) is 2. The highest BCUT2D eigenvalue weighted by molar-refractivity contribution is 5.80. The molecule has 0 radical (unpaired) electrons. The summed E-state index contributed by atoms with van der Waals surface area (Å²) in [5.74, 6) is 2.15. The topological polar surface area (TPSA) is 83.5 Å². The number of benzene rings is 2. The van der Waals surface area contributed by atoms with Crippen LogP contribution in [0.25, 0.3) is 11.0 Å². The average Bonchev–Trinajstić information content (AvgIpc) is 3.21. The van der Waals surface area contributed by atoms with E-state index in [9.17, 15) is 5.11 Å². The number of aromatic amines is 1. The molecule has 0 aliphatic carbocycles. The fourth-order valence-electron chi connectivity index (χ4n) is 3.75. The molecular formula is C22H28N4O3. The van der Waals surface area contributed by atoms with Crippen LogP contribution in [0.15, 0.2) is 42.5 Å². The van der Waals surface area contributed by atoms with Gasteiger partial charge in [-0.25, -0.2) is 0 Å². The summed E-state index contributed by atoms with van der Waals surface area (Å²) in [5.41, 5.74) is 2.66. The molecule has 1 aliphatic heterocycles. The zero-order valence-corrected chi connectivity index (χ0v) is 16.8. The number of rotatable bonds is 8. The number of ether oxygens (including phenoxy) is 2. The molecule has 1 saturated heterocycles. The van der Waals surface area contributed by atoms with E-state index in [1.165, 1.54) is 5.56 Å². The van der Waals surface area contributed by atoms with Crippen LogP contribution in [0.2, 0.25) is 0 Å². The third kappa shape index (κ3) is 5.25. The van der Waals surface area contributed by atoms with Crippen LogP contribution >= 0.6 is 0 Å². The third-order valence-corrected chi connectivity index (χ3v) is 5.39. The standard InChI is InChI=1S/C22H28N4O3/c1-16-4-2-5-19(12-16)28-14-17-8-10-26(11-9-17)13-18(27)15-29-21-7-3-6-20-22(21)24-25-23-20/h2-7,12,17-18,27H,8-11,13-15H2,1H3,(H,23,24,25). The van der Waals surface area contributed by atoms with Gasteiger partial charge in [-0.1, -0.05) is 18.2 Å². The number of aliphatic hydroxyl groups excluding tert-OH is 1. The summed E-state index contributed by atoms with van der Waals surface area (Å²) in [4.78, 5) is 2.30. The normalized spacial score (nSPS) is 16.8. The molecule has 1 unspecified atom stereocenters. The third-order valence-electron chi connectivity index (χ3n) is 5.39. The van der Waals surface area contributed by atoms with E-state index in [1.807, 2.05) is 30.3 Å². The first-order valence-corrected chi connectivity index (χ1v) is 10.2. The Morgan fingerprint density at radius 2 is 1.97 bits per heavy atom. The number of nitrogens with one attached hydrogen (secondary N) is 1. The first kappa shape index (κ1) is 19.7. The van der Waals surface area contributed by atoms with Gasteiger partial charge < -0.3 is 19.5 Å². The highest BCUT2D eigenvalue weighted by atomic mass is 16.5. The van der Waals surface area contributed by atoms with Gasteiger partial charge in [-0.15, -0.1) is 0 Å². The molecule has 7 nitrogen and oxygen atoms in total. The lowest BCUT2D eigenvalue weighted by Crippen LogP contribution is -2.41. The lowest BCUT2D eigenvalue weighted by Gasteiger charge is -2.33. The van der Waals surface area contributed by atoms with Gasteiger partial charge in [0.1, 0.15) is 29.7 Å². The molecule has 29 heavy (non-hydrogen) atoms. The van der Waals surface area contributed by atoms with Gasteiger partial charge in [0.05, 0.1) is 6.61 Å². The van der Waals surface area contributed by atoms with Crippen molar-refractivity contribution in [3.8, 4) is 11.5 Å². The molecule has 2 aromatic carbocycles. The molecule has 1 fully saturated rings. The van der Waals surface area contributed by atoms with Crippen molar-refractivity contribution in [2.24, 2.45) is 5.92 Å². The van der Waals surface area contributed by atoms with Gasteiger partial charge in [0.25, 0.3) is 0 Å². The van der Waals surface area contributed by atoms with E-state index in [4.69, 9.17) is 9.47 Å². The van der Waals surface area contributed by atoms with Gasteiger partial charge >= 0.3 is 0 Å². The van der Waals surface area contributed by atoms with Crippen LogP contribution in [0.1, 0.15) is 18.4 Å². The zero-order valence-electron chi connectivity index (χ0n) is 16.8.